The van der Waals surface area contributed by atoms with Crippen LogP contribution in [0.25, 0.3) is 0 Å². The Hall–Kier alpha value is -2.86. The number of halogens is 1. The van der Waals surface area contributed by atoms with Crippen LogP contribution in [0.5, 0.6) is 0 Å². The number of esters is 1. The first-order valence-corrected chi connectivity index (χ1v) is 9.92. The van der Waals surface area contributed by atoms with Crippen molar-refractivity contribution < 1.29 is 19.1 Å². The van der Waals surface area contributed by atoms with Gasteiger partial charge in [-0.2, -0.15) is 0 Å². The zero-order valence-electron chi connectivity index (χ0n) is 15.9. The Kier molecular flexibility index (Phi) is 6.88. The highest BCUT2D eigenvalue weighted by molar-refractivity contribution is 6.30. The Labute approximate surface area is 174 Å². The average Bonchev–Trinajstić information content (AvgIpc) is 2.68. The molecule has 0 radical (unpaired) electrons. The first-order valence-electron chi connectivity index (χ1n) is 9.54. The van der Waals surface area contributed by atoms with Gasteiger partial charge in [0.1, 0.15) is 6.61 Å². The van der Waals surface area contributed by atoms with Crippen LogP contribution in [0.1, 0.15) is 36.8 Å². The maximum absolute atomic E-state index is 12.6. The zero-order chi connectivity index (χ0) is 20.7. The Bertz CT molecular complexity index is 864. The standard InChI is InChI=1S/C22H23ClN2O4/c23-18-9-7-17(8-10-18)22(12-4-13-22)20(27)29-14-11-19(26)25-21(28)24-15-16-5-2-1-3-6-16/h1-3,5-10H,4,11-15H2,(H2,24,25,26,28). The zero-order valence-corrected chi connectivity index (χ0v) is 16.7. The number of rotatable bonds is 7. The highest BCUT2D eigenvalue weighted by Crippen LogP contribution is 2.45. The molecule has 2 aromatic rings. The van der Waals surface area contributed by atoms with Crippen LogP contribution in [0, 0.1) is 0 Å². The van der Waals surface area contributed by atoms with Crippen molar-refractivity contribution in [1.29, 1.82) is 0 Å². The van der Waals surface area contributed by atoms with Crippen LogP contribution in [-0.2, 0) is 26.3 Å². The molecule has 0 aliphatic heterocycles. The Morgan fingerprint density at radius 1 is 1.00 bits per heavy atom. The molecule has 3 rings (SSSR count). The molecule has 2 aromatic carbocycles. The Balaban J connectivity index is 1.41. The van der Waals surface area contributed by atoms with E-state index in [1.807, 2.05) is 42.5 Å². The van der Waals surface area contributed by atoms with E-state index in [-0.39, 0.29) is 19.0 Å². The average molecular weight is 415 g/mol. The monoisotopic (exact) mass is 414 g/mol. The van der Waals surface area contributed by atoms with Crippen LogP contribution in [0.2, 0.25) is 5.02 Å². The van der Waals surface area contributed by atoms with E-state index in [0.717, 1.165) is 17.5 Å². The maximum Gasteiger partial charge on any atom is 0.321 e. The number of nitrogens with one attached hydrogen (secondary N) is 2. The molecule has 1 aliphatic carbocycles. The molecular weight excluding hydrogens is 392 g/mol. The first-order chi connectivity index (χ1) is 14.0. The van der Waals surface area contributed by atoms with Crippen LogP contribution in [-0.4, -0.2) is 24.5 Å². The van der Waals surface area contributed by atoms with Gasteiger partial charge in [0, 0.05) is 11.6 Å². The van der Waals surface area contributed by atoms with Crippen LogP contribution in [0.4, 0.5) is 4.79 Å². The molecule has 0 spiro atoms. The molecular formula is C22H23ClN2O4. The van der Waals surface area contributed by atoms with E-state index in [0.29, 0.717) is 24.4 Å². The lowest BCUT2D eigenvalue weighted by Crippen LogP contribution is -2.44. The molecule has 6 nitrogen and oxygen atoms in total. The number of hydrogen-bond donors (Lipinski definition) is 2. The molecule has 0 atom stereocenters. The number of carbonyl (C=O) groups excluding carboxylic acids is 3. The van der Waals surface area contributed by atoms with Crippen LogP contribution in [0.15, 0.2) is 54.6 Å². The fourth-order valence-electron chi connectivity index (χ4n) is 3.30. The van der Waals surface area contributed by atoms with Gasteiger partial charge in [-0.1, -0.05) is 60.5 Å². The van der Waals surface area contributed by atoms with Gasteiger partial charge >= 0.3 is 12.0 Å². The smallest absolute Gasteiger partial charge is 0.321 e. The third-order valence-corrected chi connectivity index (χ3v) is 5.36. The fourth-order valence-corrected chi connectivity index (χ4v) is 3.42. The van der Waals surface area contributed by atoms with Gasteiger partial charge in [0.15, 0.2) is 0 Å². The Morgan fingerprint density at radius 3 is 2.31 bits per heavy atom. The van der Waals surface area contributed by atoms with E-state index in [2.05, 4.69) is 10.6 Å². The van der Waals surface area contributed by atoms with Crippen molar-refractivity contribution in [2.45, 2.75) is 37.6 Å². The number of benzene rings is 2. The summed E-state index contributed by atoms with van der Waals surface area (Å²) >= 11 is 5.93. The lowest BCUT2D eigenvalue weighted by atomic mass is 9.64. The van der Waals surface area contributed by atoms with E-state index in [9.17, 15) is 14.4 Å². The van der Waals surface area contributed by atoms with Gasteiger partial charge in [-0.05, 0) is 36.1 Å². The van der Waals surface area contributed by atoms with Crippen molar-refractivity contribution in [2.24, 2.45) is 0 Å². The summed E-state index contributed by atoms with van der Waals surface area (Å²) in [4.78, 5) is 36.3. The molecule has 29 heavy (non-hydrogen) atoms. The molecule has 3 amide bonds. The van der Waals surface area contributed by atoms with E-state index < -0.39 is 17.4 Å². The summed E-state index contributed by atoms with van der Waals surface area (Å²) in [5, 5.41) is 5.45. The van der Waals surface area contributed by atoms with Gasteiger partial charge in [0.25, 0.3) is 0 Å². The molecule has 0 unspecified atom stereocenters. The van der Waals surface area contributed by atoms with Crippen molar-refractivity contribution in [3.05, 3.63) is 70.7 Å². The summed E-state index contributed by atoms with van der Waals surface area (Å²) < 4.78 is 5.35. The summed E-state index contributed by atoms with van der Waals surface area (Å²) in [5.41, 5.74) is 1.15. The number of imide groups is 1. The van der Waals surface area contributed by atoms with Crippen molar-refractivity contribution >= 4 is 29.5 Å². The SMILES string of the molecule is O=C(CCOC(=O)C1(c2ccc(Cl)cc2)CCC1)NC(=O)NCc1ccccc1. The second-order valence-corrected chi connectivity index (χ2v) is 7.48. The minimum Gasteiger partial charge on any atom is -0.464 e. The van der Waals surface area contributed by atoms with Crippen LogP contribution in [0.3, 0.4) is 0 Å². The summed E-state index contributed by atoms with van der Waals surface area (Å²) in [5.74, 6) is -0.843. The van der Waals surface area contributed by atoms with E-state index in [1.165, 1.54) is 0 Å². The van der Waals surface area contributed by atoms with Gasteiger partial charge in [0.2, 0.25) is 5.91 Å². The van der Waals surface area contributed by atoms with Crippen molar-refractivity contribution in [1.82, 2.24) is 10.6 Å². The Morgan fingerprint density at radius 2 is 1.69 bits per heavy atom. The number of hydrogen-bond acceptors (Lipinski definition) is 4. The lowest BCUT2D eigenvalue weighted by molar-refractivity contribution is -0.154. The summed E-state index contributed by atoms with van der Waals surface area (Å²) in [6.07, 6.45) is 2.28. The minimum atomic E-state index is -0.659. The second-order valence-electron chi connectivity index (χ2n) is 7.04. The van der Waals surface area contributed by atoms with Gasteiger partial charge < -0.3 is 10.1 Å². The summed E-state index contributed by atoms with van der Waals surface area (Å²) in [7, 11) is 0. The van der Waals surface area contributed by atoms with Crippen molar-refractivity contribution in [2.75, 3.05) is 6.61 Å². The molecule has 1 saturated carbocycles. The topological polar surface area (TPSA) is 84.5 Å². The van der Waals surface area contributed by atoms with E-state index in [1.54, 1.807) is 12.1 Å². The predicted octanol–water partition coefficient (Wildman–Crippen LogP) is 3.72. The lowest BCUT2D eigenvalue weighted by Gasteiger charge is -2.39. The third kappa shape index (κ3) is 5.35. The largest absolute Gasteiger partial charge is 0.464 e. The summed E-state index contributed by atoms with van der Waals surface area (Å²) in [6.45, 7) is 0.241. The third-order valence-electron chi connectivity index (χ3n) is 5.11. The minimum absolute atomic E-state index is 0.0774. The first kappa shape index (κ1) is 20.9. The maximum atomic E-state index is 12.6. The number of urea groups is 1. The van der Waals surface area contributed by atoms with Gasteiger partial charge in [-0.15, -0.1) is 0 Å². The predicted molar refractivity (Wildman–Crippen MR) is 109 cm³/mol. The fraction of sp³-hybridized carbons (Fsp3) is 0.318. The number of amides is 3. The number of carbonyl (C=O) groups is 3. The van der Waals surface area contributed by atoms with Crippen molar-refractivity contribution in [3.8, 4) is 0 Å². The van der Waals surface area contributed by atoms with Gasteiger partial charge in [-0.25, -0.2) is 4.79 Å². The molecule has 1 fully saturated rings. The molecule has 0 heterocycles. The molecule has 2 N–H and O–H groups in total. The quantitative estimate of drug-likeness (QED) is 0.676. The second kappa shape index (κ2) is 9.56. The van der Waals surface area contributed by atoms with Crippen molar-refractivity contribution in [3.63, 3.8) is 0 Å². The normalized spacial score (nSPS) is 14.4. The highest BCUT2D eigenvalue weighted by Gasteiger charge is 2.47. The molecule has 1 aliphatic rings. The van der Waals surface area contributed by atoms with Gasteiger partial charge in [0.05, 0.1) is 11.8 Å². The van der Waals surface area contributed by atoms with Crippen LogP contribution >= 0.6 is 11.6 Å². The van der Waals surface area contributed by atoms with Crippen LogP contribution < -0.4 is 10.6 Å². The highest BCUT2D eigenvalue weighted by atomic mass is 35.5. The molecule has 0 aromatic heterocycles. The molecule has 7 heteroatoms. The number of ether oxygens (including phenoxy) is 1. The van der Waals surface area contributed by atoms with E-state index in [4.69, 9.17) is 16.3 Å². The summed E-state index contributed by atoms with van der Waals surface area (Å²) in [6, 6.07) is 16.0. The van der Waals surface area contributed by atoms with Gasteiger partial charge in [-0.3, -0.25) is 14.9 Å². The molecule has 152 valence electrons. The van der Waals surface area contributed by atoms with E-state index >= 15 is 0 Å². The molecule has 0 bridgehead atoms. The molecule has 0 saturated heterocycles.